The Kier molecular flexibility index (Phi) is 4.32. The summed E-state index contributed by atoms with van der Waals surface area (Å²) >= 11 is 5.98. The fourth-order valence-electron chi connectivity index (χ4n) is 2.96. The Morgan fingerprint density at radius 1 is 1.08 bits per heavy atom. The first-order valence-corrected chi connectivity index (χ1v) is 8.55. The van der Waals surface area contributed by atoms with E-state index in [0.717, 1.165) is 48.3 Å². The second-order valence-corrected chi connectivity index (χ2v) is 6.37. The van der Waals surface area contributed by atoms with Gasteiger partial charge in [-0.1, -0.05) is 23.7 Å². The van der Waals surface area contributed by atoms with Crippen LogP contribution in [0.25, 0.3) is 22.3 Å². The van der Waals surface area contributed by atoms with Crippen LogP contribution >= 0.6 is 11.6 Å². The predicted octanol–water partition coefficient (Wildman–Crippen LogP) is 4.54. The number of hydrogen-bond acceptors (Lipinski definition) is 4. The Morgan fingerprint density at radius 2 is 1.92 bits per heavy atom. The summed E-state index contributed by atoms with van der Waals surface area (Å²) in [5.41, 5.74) is 1.87. The summed E-state index contributed by atoms with van der Waals surface area (Å²) in [6, 6.07) is 15.6. The number of nitrogens with one attached hydrogen (secondary N) is 1. The van der Waals surface area contributed by atoms with E-state index in [2.05, 4.69) is 5.32 Å². The molecular formula is C19H18ClN3O. The van der Waals surface area contributed by atoms with Crippen molar-refractivity contribution < 1.29 is 4.74 Å². The van der Waals surface area contributed by atoms with Crippen LogP contribution in [0.2, 0.25) is 5.02 Å². The van der Waals surface area contributed by atoms with Gasteiger partial charge in [0.05, 0.1) is 11.6 Å². The predicted molar refractivity (Wildman–Crippen MR) is 97.4 cm³/mol. The average Bonchev–Trinajstić information content (AvgIpc) is 3.13. The van der Waals surface area contributed by atoms with Gasteiger partial charge >= 0.3 is 0 Å². The van der Waals surface area contributed by atoms with E-state index >= 15 is 0 Å². The quantitative estimate of drug-likeness (QED) is 0.758. The maximum atomic E-state index is 5.98. The lowest BCUT2D eigenvalue weighted by atomic mass is 10.1. The molecule has 0 spiro atoms. The largest absolute Gasteiger partial charge is 0.376 e. The van der Waals surface area contributed by atoms with E-state index in [9.17, 15) is 0 Å². The van der Waals surface area contributed by atoms with Gasteiger partial charge in [-0.2, -0.15) is 0 Å². The van der Waals surface area contributed by atoms with Crippen LogP contribution in [0.4, 0.5) is 5.82 Å². The minimum atomic E-state index is 0.262. The molecule has 1 saturated heterocycles. The van der Waals surface area contributed by atoms with E-state index in [1.807, 2.05) is 48.5 Å². The van der Waals surface area contributed by atoms with Crippen molar-refractivity contribution in [3.8, 4) is 11.4 Å². The van der Waals surface area contributed by atoms with Gasteiger partial charge in [-0.25, -0.2) is 9.97 Å². The normalized spacial score (nSPS) is 17.3. The van der Waals surface area contributed by atoms with E-state index in [1.54, 1.807) is 0 Å². The molecule has 2 aromatic carbocycles. The molecule has 1 atom stereocenters. The lowest BCUT2D eigenvalue weighted by molar-refractivity contribution is 0.120. The molecule has 0 radical (unpaired) electrons. The van der Waals surface area contributed by atoms with Crippen molar-refractivity contribution in [2.24, 2.45) is 0 Å². The zero-order valence-corrected chi connectivity index (χ0v) is 14.0. The van der Waals surface area contributed by atoms with E-state index in [1.165, 1.54) is 0 Å². The van der Waals surface area contributed by atoms with Gasteiger partial charge in [0.1, 0.15) is 5.82 Å². The number of rotatable bonds is 4. The van der Waals surface area contributed by atoms with Gasteiger partial charge in [0.25, 0.3) is 0 Å². The van der Waals surface area contributed by atoms with Crippen molar-refractivity contribution in [3.05, 3.63) is 53.6 Å². The molecule has 122 valence electrons. The first-order valence-electron chi connectivity index (χ1n) is 8.18. The van der Waals surface area contributed by atoms with Gasteiger partial charge in [-0.3, -0.25) is 0 Å². The highest BCUT2D eigenvalue weighted by Gasteiger charge is 2.16. The zero-order chi connectivity index (χ0) is 16.4. The summed E-state index contributed by atoms with van der Waals surface area (Å²) < 4.78 is 5.69. The van der Waals surface area contributed by atoms with Crippen LogP contribution in [0.5, 0.6) is 0 Å². The summed E-state index contributed by atoms with van der Waals surface area (Å²) in [6.07, 6.45) is 2.49. The molecule has 4 nitrogen and oxygen atoms in total. The zero-order valence-electron chi connectivity index (χ0n) is 13.2. The molecule has 0 aliphatic carbocycles. The van der Waals surface area contributed by atoms with E-state index in [4.69, 9.17) is 26.3 Å². The number of anilines is 1. The molecule has 0 saturated carbocycles. The number of aromatic nitrogens is 2. The molecule has 0 bridgehead atoms. The van der Waals surface area contributed by atoms with E-state index in [0.29, 0.717) is 10.8 Å². The molecule has 1 N–H and O–H groups in total. The highest BCUT2D eigenvalue weighted by molar-refractivity contribution is 6.30. The van der Waals surface area contributed by atoms with Crippen molar-refractivity contribution >= 4 is 28.3 Å². The molecule has 0 amide bonds. The fourth-order valence-corrected chi connectivity index (χ4v) is 3.08. The van der Waals surface area contributed by atoms with Gasteiger partial charge in [-0.05, 0) is 49.2 Å². The van der Waals surface area contributed by atoms with Gasteiger partial charge in [0.15, 0.2) is 5.82 Å². The van der Waals surface area contributed by atoms with Crippen LogP contribution in [-0.2, 0) is 4.74 Å². The standard InChI is InChI=1S/C19H18ClN3O/c20-14-9-7-13(8-10-14)18-22-17-6-2-1-5-16(17)19(23-18)21-12-15-4-3-11-24-15/h1-2,5-10,15H,3-4,11-12H2,(H,21,22,23)/t15-/m1/s1. The molecule has 1 aromatic heterocycles. The van der Waals surface area contributed by atoms with Crippen molar-refractivity contribution in [1.82, 2.24) is 9.97 Å². The summed E-state index contributed by atoms with van der Waals surface area (Å²) in [5, 5.41) is 5.18. The number of para-hydroxylation sites is 1. The number of halogens is 1. The van der Waals surface area contributed by atoms with Crippen molar-refractivity contribution in [2.75, 3.05) is 18.5 Å². The third kappa shape index (κ3) is 3.21. The van der Waals surface area contributed by atoms with Crippen molar-refractivity contribution in [3.63, 3.8) is 0 Å². The maximum Gasteiger partial charge on any atom is 0.162 e. The number of hydrogen-bond donors (Lipinski definition) is 1. The molecule has 3 aromatic rings. The van der Waals surface area contributed by atoms with Crippen LogP contribution in [0.3, 0.4) is 0 Å². The smallest absolute Gasteiger partial charge is 0.162 e. The monoisotopic (exact) mass is 339 g/mol. The molecule has 1 fully saturated rings. The second kappa shape index (κ2) is 6.75. The number of ether oxygens (including phenoxy) is 1. The number of nitrogens with zero attached hydrogens (tertiary/aromatic N) is 2. The van der Waals surface area contributed by atoms with Crippen molar-refractivity contribution in [1.29, 1.82) is 0 Å². The Labute approximate surface area is 145 Å². The Balaban J connectivity index is 1.71. The molecule has 0 unspecified atom stereocenters. The lowest BCUT2D eigenvalue weighted by Crippen LogP contribution is -2.19. The third-order valence-corrected chi connectivity index (χ3v) is 4.48. The highest BCUT2D eigenvalue weighted by Crippen LogP contribution is 2.26. The minimum absolute atomic E-state index is 0.262. The number of fused-ring (bicyclic) bond motifs is 1. The third-order valence-electron chi connectivity index (χ3n) is 4.23. The maximum absolute atomic E-state index is 5.98. The lowest BCUT2D eigenvalue weighted by Gasteiger charge is -2.14. The van der Waals surface area contributed by atoms with Crippen molar-refractivity contribution in [2.45, 2.75) is 18.9 Å². The average molecular weight is 340 g/mol. The summed E-state index contributed by atoms with van der Waals surface area (Å²) in [4.78, 5) is 9.43. The molecule has 1 aliphatic heterocycles. The Morgan fingerprint density at radius 3 is 2.71 bits per heavy atom. The molecule has 1 aliphatic rings. The summed E-state index contributed by atoms with van der Waals surface area (Å²) in [5.74, 6) is 1.54. The minimum Gasteiger partial charge on any atom is -0.376 e. The topological polar surface area (TPSA) is 47.0 Å². The molecule has 24 heavy (non-hydrogen) atoms. The second-order valence-electron chi connectivity index (χ2n) is 5.94. The molecule has 4 rings (SSSR count). The van der Waals surface area contributed by atoms with Gasteiger partial charge in [0.2, 0.25) is 0 Å². The van der Waals surface area contributed by atoms with Gasteiger partial charge in [-0.15, -0.1) is 0 Å². The van der Waals surface area contributed by atoms with Crippen LogP contribution in [0.1, 0.15) is 12.8 Å². The van der Waals surface area contributed by atoms with E-state index < -0.39 is 0 Å². The summed E-state index contributed by atoms with van der Waals surface area (Å²) in [7, 11) is 0. The van der Waals surface area contributed by atoms with Gasteiger partial charge < -0.3 is 10.1 Å². The summed E-state index contributed by atoms with van der Waals surface area (Å²) in [6.45, 7) is 1.62. The number of benzene rings is 2. The SMILES string of the molecule is Clc1ccc(-c2nc(NC[C@H]3CCCO3)c3ccccc3n2)cc1. The Hall–Kier alpha value is -2.17. The van der Waals surface area contributed by atoms with Crippen LogP contribution in [0, 0.1) is 0 Å². The van der Waals surface area contributed by atoms with Crippen LogP contribution in [0.15, 0.2) is 48.5 Å². The van der Waals surface area contributed by atoms with E-state index in [-0.39, 0.29) is 6.10 Å². The fraction of sp³-hybridized carbons (Fsp3) is 0.263. The van der Waals surface area contributed by atoms with Gasteiger partial charge in [0, 0.05) is 29.1 Å². The first kappa shape index (κ1) is 15.4. The Bertz CT molecular complexity index is 845. The highest BCUT2D eigenvalue weighted by atomic mass is 35.5. The van der Waals surface area contributed by atoms with Crippen LogP contribution < -0.4 is 5.32 Å². The molecular weight excluding hydrogens is 322 g/mol. The molecule has 2 heterocycles. The van der Waals surface area contributed by atoms with Crippen LogP contribution in [-0.4, -0.2) is 29.2 Å². The molecule has 5 heteroatoms. The first-order chi connectivity index (χ1) is 11.8.